The highest BCUT2D eigenvalue weighted by molar-refractivity contribution is 7.89. The minimum Gasteiger partial charge on any atom is -0.480 e. The van der Waals surface area contributed by atoms with Crippen molar-refractivity contribution in [3.63, 3.8) is 0 Å². The summed E-state index contributed by atoms with van der Waals surface area (Å²) in [5, 5.41) is 12.0. The van der Waals surface area contributed by atoms with Gasteiger partial charge in [0, 0.05) is 11.6 Å². The van der Waals surface area contributed by atoms with Crippen molar-refractivity contribution in [3.8, 4) is 0 Å². The third kappa shape index (κ3) is 5.04. The Hall–Kier alpha value is -1.93. The summed E-state index contributed by atoms with van der Waals surface area (Å²) in [5.74, 6) is -1.54. The minimum absolute atomic E-state index is 0.0180. The fourth-order valence-corrected chi connectivity index (χ4v) is 3.47. The molecule has 8 heteroatoms. The van der Waals surface area contributed by atoms with Crippen LogP contribution in [0.25, 0.3) is 0 Å². The minimum atomic E-state index is -4.03. The third-order valence-electron chi connectivity index (χ3n) is 3.62. The molecule has 1 unspecified atom stereocenters. The SMILES string of the molecule is CC(C)CC(NS(=O)(=O)c1cccc(C(=O)NC2CC2)c1)C(=O)O. The lowest BCUT2D eigenvalue weighted by Crippen LogP contribution is -2.41. The van der Waals surface area contributed by atoms with E-state index in [0.29, 0.717) is 0 Å². The molecule has 1 aromatic carbocycles. The lowest BCUT2D eigenvalue weighted by atomic mass is 10.1. The van der Waals surface area contributed by atoms with E-state index in [2.05, 4.69) is 10.0 Å². The Kier molecular flexibility index (Phi) is 5.61. The van der Waals surface area contributed by atoms with Crippen molar-refractivity contribution in [1.29, 1.82) is 0 Å². The van der Waals surface area contributed by atoms with Gasteiger partial charge in [-0.05, 0) is 43.4 Å². The predicted molar refractivity (Wildman–Crippen MR) is 88.1 cm³/mol. The summed E-state index contributed by atoms with van der Waals surface area (Å²) in [7, 11) is -4.03. The van der Waals surface area contributed by atoms with E-state index in [1.54, 1.807) is 0 Å². The summed E-state index contributed by atoms with van der Waals surface area (Å²) in [6.45, 7) is 3.63. The Morgan fingerprint density at radius 2 is 1.96 bits per heavy atom. The van der Waals surface area contributed by atoms with Gasteiger partial charge >= 0.3 is 5.97 Å². The molecular formula is C16H22N2O5S. The summed E-state index contributed by atoms with van der Waals surface area (Å²) in [6, 6.07) is 4.55. The van der Waals surface area contributed by atoms with Gasteiger partial charge in [-0.15, -0.1) is 0 Å². The summed E-state index contributed by atoms with van der Waals surface area (Å²) in [4.78, 5) is 23.2. The van der Waals surface area contributed by atoms with Crippen LogP contribution in [0.15, 0.2) is 29.2 Å². The molecule has 0 aliphatic heterocycles. The van der Waals surface area contributed by atoms with Crippen molar-refractivity contribution >= 4 is 21.9 Å². The average molecular weight is 354 g/mol. The number of amides is 1. The molecule has 0 saturated heterocycles. The van der Waals surface area contributed by atoms with E-state index in [9.17, 15) is 23.1 Å². The Morgan fingerprint density at radius 1 is 1.29 bits per heavy atom. The molecule has 1 aliphatic rings. The first-order chi connectivity index (χ1) is 11.2. The number of sulfonamides is 1. The standard InChI is InChI=1S/C16H22N2O5S/c1-10(2)8-14(16(20)21)18-24(22,23)13-5-3-4-11(9-13)15(19)17-12-6-7-12/h3-5,9-10,12,14,18H,6-8H2,1-2H3,(H,17,19)(H,20,21). The van der Waals surface area contributed by atoms with Gasteiger partial charge in [-0.1, -0.05) is 19.9 Å². The van der Waals surface area contributed by atoms with Gasteiger partial charge in [0.1, 0.15) is 6.04 Å². The summed E-state index contributed by atoms with van der Waals surface area (Å²) < 4.78 is 27.1. The lowest BCUT2D eigenvalue weighted by Gasteiger charge is -2.17. The topological polar surface area (TPSA) is 113 Å². The van der Waals surface area contributed by atoms with Crippen molar-refractivity contribution in [2.75, 3.05) is 0 Å². The fraction of sp³-hybridized carbons (Fsp3) is 0.500. The summed E-state index contributed by atoms with van der Waals surface area (Å²) in [6.07, 6.45) is 2.04. The molecule has 2 rings (SSSR count). The molecule has 1 fully saturated rings. The van der Waals surface area contributed by atoms with Crippen molar-refractivity contribution < 1.29 is 23.1 Å². The van der Waals surface area contributed by atoms with Crippen LogP contribution in [0.5, 0.6) is 0 Å². The molecule has 0 spiro atoms. The number of nitrogens with one attached hydrogen (secondary N) is 2. The summed E-state index contributed by atoms with van der Waals surface area (Å²) in [5.41, 5.74) is 0.237. The molecule has 0 heterocycles. The van der Waals surface area contributed by atoms with E-state index >= 15 is 0 Å². The maximum Gasteiger partial charge on any atom is 0.321 e. The first kappa shape index (κ1) is 18.4. The van der Waals surface area contributed by atoms with Crippen molar-refractivity contribution in [2.24, 2.45) is 5.92 Å². The van der Waals surface area contributed by atoms with Crippen LogP contribution < -0.4 is 10.0 Å². The zero-order valence-corrected chi connectivity index (χ0v) is 14.5. The van der Waals surface area contributed by atoms with E-state index in [4.69, 9.17) is 0 Å². The highest BCUT2D eigenvalue weighted by Gasteiger charge is 2.27. The van der Waals surface area contributed by atoms with Crippen LogP contribution in [0.4, 0.5) is 0 Å². The highest BCUT2D eigenvalue weighted by Crippen LogP contribution is 2.20. The van der Waals surface area contributed by atoms with Gasteiger partial charge in [0.25, 0.3) is 5.91 Å². The van der Waals surface area contributed by atoms with E-state index in [0.717, 1.165) is 12.8 Å². The monoisotopic (exact) mass is 354 g/mol. The Balaban J connectivity index is 2.18. The van der Waals surface area contributed by atoms with Crippen LogP contribution in [0.2, 0.25) is 0 Å². The van der Waals surface area contributed by atoms with Gasteiger partial charge in [-0.2, -0.15) is 4.72 Å². The van der Waals surface area contributed by atoms with Gasteiger partial charge in [0.2, 0.25) is 10.0 Å². The van der Waals surface area contributed by atoms with Crippen LogP contribution in [-0.2, 0) is 14.8 Å². The second-order valence-electron chi connectivity index (χ2n) is 6.42. The molecular weight excluding hydrogens is 332 g/mol. The number of benzene rings is 1. The Labute approximate surface area is 141 Å². The van der Waals surface area contributed by atoms with E-state index in [1.807, 2.05) is 13.8 Å². The van der Waals surface area contributed by atoms with Crippen molar-refractivity contribution in [2.45, 2.75) is 50.1 Å². The fourth-order valence-electron chi connectivity index (χ4n) is 2.23. The largest absolute Gasteiger partial charge is 0.480 e. The summed E-state index contributed by atoms with van der Waals surface area (Å²) >= 11 is 0. The predicted octanol–water partition coefficient (Wildman–Crippen LogP) is 1.36. The van der Waals surface area contributed by atoms with Crippen LogP contribution >= 0.6 is 0 Å². The molecule has 0 radical (unpaired) electrons. The quantitative estimate of drug-likeness (QED) is 0.652. The third-order valence-corrected chi connectivity index (χ3v) is 5.09. The number of hydrogen-bond donors (Lipinski definition) is 3. The number of carboxylic acids is 1. The number of aliphatic carboxylic acids is 1. The molecule has 0 aromatic heterocycles. The van der Waals surface area contributed by atoms with Gasteiger partial charge in [-0.25, -0.2) is 8.42 Å². The maximum atomic E-state index is 12.4. The maximum absolute atomic E-state index is 12.4. The lowest BCUT2D eigenvalue weighted by molar-refractivity contribution is -0.139. The van der Waals surface area contributed by atoms with Crippen molar-refractivity contribution in [1.82, 2.24) is 10.0 Å². The average Bonchev–Trinajstić information content (AvgIpc) is 3.30. The molecule has 132 valence electrons. The molecule has 1 atom stereocenters. The van der Waals surface area contributed by atoms with Crippen LogP contribution in [0.1, 0.15) is 43.5 Å². The zero-order chi connectivity index (χ0) is 17.9. The number of carbonyl (C=O) groups is 2. The van der Waals surface area contributed by atoms with E-state index in [-0.39, 0.29) is 34.7 Å². The zero-order valence-electron chi connectivity index (χ0n) is 13.7. The number of hydrogen-bond acceptors (Lipinski definition) is 4. The second-order valence-corrected chi connectivity index (χ2v) is 8.13. The van der Waals surface area contributed by atoms with Crippen LogP contribution in [0, 0.1) is 5.92 Å². The molecule has 0 bridgehead atoms. The first-order valence-electron chi connectivity index (χ1n) is 7.85. The van der Waals surface area contributed by atoms with Gasteiger partial charge in [0.05, 0.1) is 4.90 Å². The molecule has 1 saturated carbocycles. The molecule has 1 amide bonds. The Bertz CT molecular complexity index is 726. The normalized spacial score (nSPS) is 16.0. The smallest absolute Gasteiger partial charge is 0.321 e. The number of carbonyl (C=O) groups excluding carboxylic acids is 1. The van der Waals surface area contributed by atoms with E-state index in [1.165, 1.54) is 24.3 Å². The van der Waals surface area contributed by atoms with Crippen LogP contribution in [0.3, 0.4) is 0 Å². The number of rotatable bonds is 8. The van der Waals surface area contributed by atoms with Gasteiger partial charge in [-0.3, -0.25) is 9.59 Å². The Morgan fingerprint density at radius 3 is 2.50 bits per heavy atom. The molecule has 1 aromatic rings. The molecule has 24 heavy (non-hydrogen) atoms. The number of carboxylic acid groups (broad SMARTS) is 1. The van der Waals surface area contributed by atoms with Gasteiger partial charge < -0.3 is 10.4 Å². The molecule has 1 aliphatic carbocycles. The van der Waals surface area contributed by atoms with Gasteiger partial charge in [0.15, 0.2) is 0 Å². The highest BCUT2D eigenvalue weighted by atomic mass is 32.2. The first-order valence-corrected chi connectivity index (χ1v) is 9.33. The van der Waals surface area contributed by atoms with Crippen LogP contribution in [-0.4, -0.2) is 37.5 Å². The van der Waals surface area contributed by atoms with E-state index < -0.39 is 22.0 Å². The second kappa shape index (κ2) is 7.31. The molecule has 3 N–H and O–H groups in total. The molecule has 7 nitrogen and oxygen atoms in total. The van der Waals surface area contributed by atoms with Crippen molar-refractivity contribution in [3.05, 3.63) is 29.8 Å².